The van der Waals surface area contributed by atoms with Crippen molar-refractivity contribution in [2.45, 2.75) is 13.8 Å². The molecule has 1 aromatic heterocycles. The summed E-state index contributed by atoms with van der Waals surface area (Å²) in [6, 6.07) is 7.48. The van der Waals surface area contributed by atoms with Gasteiger partial charge in [-0.25, -0.2) is 9.97 Å². The molecule has 2 rings (SSSR count). The lowest BCUT2D eigenvalue weighted by Gasteiger charge is -2.06. The molecular weight excluding hydrogens is 271 g/mol. The Bertz CT molecular complexity index is 532. The molecule has 0 aliphatic heterocycles. The predicted octanol–water partition coefficient (Wildman–Crippen LogP) is 4.16. The number of hydrogen-bond acceptors (Lipinski definition) is 3. The standard InChI is InChI=1S/C13H12Cl2N2O/c1-3-18-10-6-4-9(5-7-10)13-16-11(14)8(2)12(15)17-13/h4-7H,3H2,1-2H3. The number of nitrogens with zero attached hydrogens (tertiary/aromatic N) is 2. The fourth-order valence-corrected chi connectivity index (χ4v) is 1.85. The molecule has 5 heteroatoms. The molecule has 0 spiro atoms. The highest BCUT2D eigenvalue weighted by atomic mass is 35.5. The molecule has 0 unspecified atom stereocenters. The summed E-state index contributed by atoms with van der Waals surface area (Å²) in [5, 5.41) is 0.748. The van der Waals surface area contributed by atoms with Gasteiger partial charge < -0.3 is 4.74 Å². The highest BCUT2D eigenvalue weighted by Gasteiger charge is 2.09. The molecule has 1 heterocycles. The third kappa shape index (κ3) is 2.74. The average Bonchev–Trinajstić information content (AvgIpc) is 2.37. The maximum atomic E-state index is 5.99. The van der Waals surface area contributed by atoms with Crippen LogP contribution in [0.4, 0.5) is 0 Å². The van der Waals surface area contributed by atoms with Crippen molar-refractivity contribution >= 4 is 23.2 Å². The highest BCUT2D eigenvalue weighted by molar-refractivity contribution is 6.34. The van der Waals surface area contributed by atoms with Crippen LogP contribution in [-0.4, -0.2) is 16.6 Å². The maximum Gasteiger partial charge on any atom is 0.162 e. The molecule has 0 aliphatic carbocycles. The zero-order valence-electron chi connectivity index (χ0n) is 10.1. The van der Waals surface area contributed by atoms with E-state index < -0.39 is 0 Å². The van der Waals surface area contributed by atoms with E-state index in [-0.39, 0.29) is 0 Å². The van der Waals surface area contributed by atoms with Crippen LogP contribution in [0.1, 0.15) is 12.5 Å². The molecule has 1 aromatic carbocycles. The minimum Gasteiger partial charge on any atom is -0.494 e. The summed E-state index contributed by atoms with van der Waals surface area (Å²) < 4.78 is 5.37. The van der Waals surface area contributed by atoms with Crippen LogP contribution in [0.25, 0.3) is 11.4 Å². The van der Waals surface area contributed by atoms with E-state index >= 15 is 0 Å². The molecule has 0 N–H and O–H groups in total. The molecule has 0 saturated heterocycles. The normalized spacial score (nSPS) is 10.4. The van der Waals surface area contributed by atoms with Gasteiger partial charge in [0.2, 0.25) is 0 Å². The molecule has 3 nitrogen and oxygen atoms in total. The van der Waals surface area contributed by atoms with Crippen LogP contribution in [0.5, 0.6) is 5.75 Å². The Morgan fingerprint density at radius 1 is 1.06 bits per heavy atom. The van der Waals surface area contributed by atoms with Crippen molar-refractivity contribution in [1.82, 2.24) is 9.97 Å². The van der Waals surface area contributed by atoms with Gasteiger partial charge >= 0.3 is 0 Å². The van der Waals surface area contributed by atoms with Gasteiger partial charge in [0.1, 0.15) is 16.1 Å². The molecule has 94 valence electrons. The van der Waals surface area contributed by atoms with E-state index in [9.17, 15) is 0 Å². The second kappa shape index (κ2) is 5.55. The molecule has 0 saturated carbocycles. The van der Waals surface area contributed by atoms with Gasteiger partial charge in [-0.3, -0.25) is 0 Å². The van der Waals surface area contributed by atoms with E-state index in [4.69, 9.17) is 27.9 Å². The number of halogens is 2. The second-order valence-corrected chi connectivity index (χ2v) is 4.43. The third-order valence-electron chi connectivity index (χ3n) is 2.45. The Kier molecular flexibility index (Phi) is 4.04. The molecule has 2 aromatic rings. The maximum absolute atomic E-state index is 5.99. The highest BCUT2D eigenvalue weighted by Crippen LogP contribution is 2.25. The predicted molar refractivity (Wildman–Crippen MR) is 73.4 cm³/mol. The molecule has 0 atom stereocenters. The summed E-state index contributed by atoms with van der Waals surface area (Å²) in [6.07, 6.45) is 0. The number of ether oxygens (including phenoxy) is 1. The van der Waals surface area contributed by atoms with Crippen LogP contribution >= 0.6 is 23.2 Å². The van der Waals surface area contributed by atoms with Crippen molar-refractivity contribution in [1.29, 1.82) is 0 Å². The van der Waals surface area contributed by atoms with Crippen LogP contribution in [-0.2, 0) is 0 Å². The van der Waals surface area contributed by atoms with E-state index in [1.807, 2.05) is 31.2 Å². The minimum absolute atomic E-state index is 0.374. The minimum atomic E-state index is 0.374. The molecule has 0 amide bonds. The van der Waals surface area contributed by atoms with Crippen LogP contribution in [0, 0.1) is 6.92 Å². The molecule has 0 aliphatic rings. The lowest BCUT2D eigenvalue weighted by Crippen LogP contribution is -1.95. The van der Waals surface area contributed by atoms with Gasteiger partial charge in [-0.2, -0.15) is 0 Å². The molecular formula is C13H12Cl2N2O. The number of benzene rings is 1. The number of aromatic nitrogens is 2. The Hall–Kier alpha value is -1.32. The van der Waals surface area contributed by atoms with Crippen LogP contribution in [0.2, 0.25) is 10.3 Å². The third-order valence-corrected chi connectivity index (χ3v) is 3.19. The SMILES string of the molecule is CCOc1ccc(-c2nc(Cl)c(C)c(Cl)n2)cc1. The zero-order valence-corrected chi connectivity index (χ0v) is 11.6. The quantitative estimate of drug-likeness (QED) is 0.793. The van der Waals surface area contributed by atoms with Crippen LogP contribution in [0.3, 0.4) is 0 Å². The van der Waals surface area contributed by atoms with Gasteiger partial charge in [0.05, 0.1) is 6.61 Å². The van der Waals surface area contributed by atoms with E-state index in [1.54, 1.807) is 6.92 Å². The Morgan fingerprint density at radius 2 is 1.61 bits per heavy atom. The first-order valence-corrected chi connectivity index (χ1v) is 6.30. The second-order valence-electron chi connectivity index (χ2n) is 3.71. The van der Waals surface area contributed by atoms with Gasteiger partial charge in [0, 0.05) is 11.1 Å². The van der Waals surface area contributed by atoms with Crippen molar-refractivity contribution in [3.8, 4) is 17.1 Å². The molecule has 0 fully saturated rings. The first-order valence-electron chi connectivity index (χ1n) is 5.54. The number of rotatable bonds is 3. The molecule has 0 bridgehead atoms. The van der Waals surface area contributed by atoms with Crippen molar-refractivity contribution < 1.29 is 4.74 Å². The lowest BCUT2D eigenvalue weighted by atomic mass is 10.2. The average molecular weight is 283 g/mol. The lowest BCUT2D eigenvalue weighted by molar-refractivity contribution is 0.340. The summed E-state index contributed by atoms with van der Waals surface area (Å²) in [7, 11) is 0. The summed E-state index contributed by atoms with van der Waals surface area (Å²) in [6.45, 7) is 4.36. The molecule has 18 heavy (non-hydrogen) atoms. The summed E-state index contributed by atoms with van der Waals surface area (Å²) in [4.78, 5) is 8.42. The van der Waals surface area contributed by atoms with Crippen LogP contribution < -0.4 is 4.74 Å². The van der Waals surface area contributed by atoms with E-state index in [0.717, 1.165) is 11.3 Å². The van der Waals surface area contributed by atoms with Crippen molar-refractivity contribution in [3.63, 3.8) is 0 Å². The van der Waals surface area contributed by atoms with Gasteiger partial charge in [-0.1, -0.05) is 23.2 Å². The van der Waals surface area contributed by atoms with E-state index in [1.165, 1.54) is 0 Å². The van der Waals surface area contributed by atoms with Crippen molar-refractivity contribution in [3.05, 3.63) is 40.1 Å². The first-order chi connectivity index (χ1) is 8.61. The summed E-state index contributed by atoms with van der Waals surface area (Å²) >= 11 is 12.0. The van der Waals surface area contributed by atoms with Gasteiger partial charge in [-0.05, 0) is 38.1 Å². The van der Waals surface area contributed by atoms with Crippen molar-refractivity contribution in [2.24, 2.45) is 0 Å². The smallest absolute Gasteiger partial charge is 0.162 e. The largest absolute Gasteiger partial charge is 0.494 e. The van der Waals surface area contributed by atoms with Gasteiger partial charge in [0.25, 0.3) is 0 Å². The Labute approximate surface area is 116 Å². The first kappa shape index (κ1) is 13.1. The van der Waals surface area contributed by atoms with E-state index in [2.05, 4.69) is 9.97 Å². The number of hydrogen-bond donors (Lipinski definition) is 0. The Balaban J connectivity index is 2.36. The Morgan fingerprint density at radius 3 is 2.11 bits per heavy atom. The van der Waals surface area contributed by atoms with Gasteiger partial charge in [0.15, 0.2) is 5.82 Å². The van der Waals surface area contributed by atoms with Crippen molar-refractivity contribution in [2.75, 3.05) is 6.61 Å². The monoisotopic (exact) mass is 282 g/mol. The van der Waals surface area contributed by atoms with E-state index in [0.29, 0.717) is 28.3 Å². The van der Waals surface area contributed by atoms with Crippen LogP contribution in [0.15, 0.2) is 24.3 Å². The van der Waals surface area contributed by atoms with Gasteiger partial charge in [-0.15, -0.1) is 0 Å². The molecule has 0 radical (unpaired) electrons. The summed E-state index contributed by atoms with van der Waals surface area (Å²) in [5.41, 5.74) is 1.54. The fourth-order valence-electron chi connectivity index (χ4n) is 1.46. The fraction of sp³-hybridized carbons (Fsp3) is 0.231. The zero-order chi connectivity index (χ0) is 13.1. The summed E-state index contributed by atoms with van der Waals surface area (Å²) in [5.74, 6) is 1.32. The topological polar surface area (TPSA) is 35.0 Å².